The van der Waals surface area contributed by atoms with Crippen LogP contribution in [0.25, 0.3) is 10.9 Å². The largest absolute Gasteiger partial charge is 0.358 e. The van der Waals surface area contributed by atoms with E-state index in [1.807, 2.05) is 0 Å². The normalized spacial score (nSPS) is 16.6. The van der Waals surface area contributed by atoms with Crippen LogP contribution in [-0.2, 0) is 24.1 Å². The molecule has 1 heterocycles. The van der Waals surface area contributed by atoms with Gasteiger partial charge in [-0.05, 0) is 54.7 Å². The second-order valence-corrected chi connectivity index (χ2v) is 6.55. The molecule has 2 aromatic carbocycles. The summed E-state index contributed by atoms with van der Waals surface area (Å²) in [4.78, 5) is 15.5. The number of carbonyl (C=O) groups is 1. The first kappa shape index (κ1) is 15.8. The van der Waals surface area contributed by atoms with Crippen LogP contribution < -0.4 is 5.32 Å². The number of carbonyl (C=O) groups excluding carboxylic acids is 1. The van der Waals surface area contributed by atoms with Gasteiger partial charge in [0.15, 0.2) is 0 Å². The molecule has 4 rings (SSSR count). The minimum atomic E-state index is -0.359. The van der Waals surface area contributed by atoms with E-state index in [0.717, 1.165) is 35.0 Å². The highest BCUT2D eigenvalue weighted by Crippen LogP contribution is 2.29. The van der Waals surface area contributed by atoms with Gasteiger partial charge in [-0.3, -0.25) is 4.79 Å². The Morgan fingerprint density at radius 1 is 1.20 bits per heavy atom. The molecule has 0 saturated heterocycles. The maximum Gasteiger partial charge on any atom is 0.224 e. The first-order valence-corrected chi connectivity index (χ1v) is 8.42. The maximum absolute atomic E-state index is 13.7. The molecule has 1 aliphatic carbocycles. The van der Waals surface area contributed by atoms with Gasteiger partial charge in [0.1, 0.15) is 11.6 Å². The van der Waals surface area contributed by atoms with E-state index in [9.17, 15) is 13.6 Å². The van der Waals surface area contributed by atoms with E-state index >= 15 is 0 Å². The highest BCUT2D eigenvalue weighted by atomic mass is 19.1. The lowest BCUT2D eigenvalue weighted by atomic mass is 9.91. The van der Waals surface area contributed by atoms with Gasteiger partial charge in [-0.2, -0.15) is 0 Å². The SMILES string of the molecule is O=C(Cc1ccccc1F)NC1CCc2[nH]c3cc(F)ccc3c2C1. The van der Waals surface area contributed by atoms with Crippen molar-refractivity contribution >= 4 is 16.8 Å². The lowest BCUT2D eigenvalue weighted by Crippen LogP contribution is -2.39. The second kappa shape index (κ2) is 6.31. The van der Waals surface area contributed by atoms with Gasteiger partial charge in [-0.15, -0.1) is 0 Å². The summed E-state index contributed by atoms with van der Waals surface area (Å²) >= 11 is 0. The van der Waals surface area contributed by atoms with Crippen molar-refractivity contribution in [2.45, 2.75) is 31.7 Å². The van der Waals surface area contributed by atoms with Gasteiger partial charge < -0.3 is 10.3 Å². The number of fused-ring (bicyclic) bond motifs is 3. The number of nitrogens with one attached hydrogen (secondary N) is 2. The number of hydrogen-bond donors (Lipinski definition) is 2. The number of H-pyrrole nitrogens is 1. The Kier molecular flexibility index (Phi) is 3.99. The highest BCUT2D eigenvalue weighted by molar-refractivity contribution is 5.85. The summed E-state index contributed by atoms with van der Waals surface area (Å²) in [5.41, 5.74) is 3.44. The first-order chi connectivity index (χ1) is 12.1. The van der Waals surface area contributed by atoms with Gasteiger partial charge in [0.05, 0.1) is 6.42 Å². The monoisotopic (exact) mass is 340 g/mol. The van der Waals surface area contributed by atoms with Crippen molar-refractivity contribution in [1.29, 1.82) is 0 Å². The molecule has 1 aromatic heterocycles. The highest BCUT2D eigenvalue weighted by Gasteiger charge is 2.24. The smallest absolute Gasteiger partial charge is 0.224 e. The van der Waals surface area contributed by atoms with Gasteiger partial charge >= 0.3 is 0 Å². The molecule has 0 fully saturated rings. The predicted molar refractivity (Wildman–Crippen MR) is 92.3 cm³/mol. The molecular formula is C20H18F2N2O. The predicted octanol–water partition coefficient (Wildman–Crippen LogP) is 3.66. The molecule has 0 spiro atoms. The van der Waals surface area contributed by atoms with Gasteiger partial charge in [0, 0.05) is 22.6 Å². The van der Waals surface area contributed by atoms with Crippen molar-refractivity contribution in [3.05, 3.63) is 70.9 Å². The fourth-order valence-electron chi connectivity index (χ4n) is 3.61. The van der Waals surface area contributed by atoms with Crippen LogP contribution in [-0.4, -0.2) is 16.9 Å². The Morgan fingerprint density at radius 2 is 2.04 bits per heavy atom. The van der Waals surface area contributed by atoms with E-state index in [2.05, 4.69) is 10.3 Å². The zero-order valence-electron chi connectivity index (χ0n) is 13.6. The Morgan fingerprint density at radius 3 is 2.88 bits per heavy atom. The molecule has 1 atom stereocenters. The molecule has 2 N–H and O–H groups in total. The molecule has 25 heavy (non-hydrogen) atoms. The van der Waals surface area contributed by atoms with E-state index in [0.29, 0.717) is 12.0 Å². The van der Waals surface area contributed by atoms with Gasteiger partial charge in [-0.25, -0.2) is 8.78 Å². The Bertz CT molecular complexity index is 948. The topological polar surface area (TPSA) is 44.9 Å². The summed E-state index contributed by atoms with van der Waals surface area (Å²) in [7, 11) is 0. The third-order valence-corrected chi connectivity index (χ3v) is 4.82. The average Bonchev–Trinajstić information content (AvgIpc) is 2.93. The molecule has 0 saturated carbocycles. The van der Waals surface area contributed by atoms with E-state index in [1.165, 1.54) is 18.2 Å². The minimum absolute atomic E-state index is 0.0100. The second-order valence-electron chi connectivity index (χ2n) is 6.55. The molecule has 0 bridgehead atoms. The summed E-state index contributed by atoms with van der Waals surface area (Å²) < 4.78 is 27.1. The van der Waals surface area contributed by atoms with Crippen LogP contribution >= 0.6 is 0 Å². The van der Waals surface area contributed by atoms with Crippen LogP contribution in [0.1, 0.15) is 23.2 Å². The summed E-state index contributed by atoms with van der Waals surface area (Å²) in [6, 6.07) is 11.1. The van der Waals surface area contributed by atoms with Crippen molar-refractivity contribution in [2.75, 3.05) is 0 Å². The van der Waals surface area contributed by atoms with Crippen molar-refractivity contribution in [1.82, 2.24) is 10.3 Å². The van der Waals surface area contributed by atoms with Crippen LogP contribution in [0.15, 0.2) is 42.5 Å². The fraction of sp³-hybridized carbons (Fsp3) is 0.250. The molecule has 1 unspecified atom stereocenters. The van der Waals surface area contributed by atoms with Gasteiger partial charge in [0.25, 0.3) is 0 Å². The van der Waals surface area contributed by atoms with E-state index in [1.54, 1.807) is 24.3 Å². The van der Waals surface area contributed by atoms with Crippen LogP contribution in [0.5, 0.6) is 0 Å². The molecule has 1 aliphatic rings. The summed E-state index contributed by atoms with van der Waals surface area (Å²) in [5.74, 6) is -0.799. The first-order valence-electron chi connectivity index (χ1n) is 8.42. The minimum Gasteiger partial charge on any atom is -0.358 e. The van der Waals surface area contributed by atoms with Crippen molar-refractivity contribution < 1.29 is 13.6 Å². The molecule has 0 radical (unpaired) electrons. The number of halogens is 2. The number of rotatable bonds is 3. The van der Waals surface area contributed by atoms with Gasteiger partial charge in [0.2, 0.25) is 5.91 Å². The third-order valence-electron chi connectivity index (χ3n) is 4.82. The number of aromatic nitrogens is 1. The van der Waals surface area contributed by atoms with Crippen LogP contribution in [0.3, 0.4) is 0 Å². The average molecular weight is 340 g/mol. The molecule has 128 valence electrons. The lowest BCUT2D eigenvalue weighted by molar-refractivity contribution is -0.121. The number of amides is 1. The quantitative estimate of drug-likeness (QED) is 0.751. The van der Waals surface area contributed by atoms with E-state index in [-0.39, 0.29) is 30.0 Å². The molecule has 3 aromatic rings. The lowest BCUT2D eigenvalue weighted by Gasteiger charge is -2.23. The molecule has 3 nitrogen and oxygen atoms in total. The number of aromatic amines is 1. The Hall–Kier alpha value is -2.69. The van der Waals surface area contributed by atoms with Gasteiger partial charge in [-0.1, -0.05) is 18.2 Å². The Balaban J connectivity index is 1.48. The number of aryl methyl sites for hydroxylation is 1. The molecule has 0 aliphatic heterocycles. The summed E-state index contributed by atoms with van der Waals surface area (Å²) in [6.45, 7) is 0. The summed E-state index contributed by atoms with van der Waals surface area (Å²) in [6.07, 6.45) is 2.35. The van der Waals surface area contributed by atoms with E-state index < -0.39 is 0 Å². The van der Waals surface area contributed by atoms with E-state index in [4.69, 9.17) is 0 Å². The number of benzene rings is 2. The van der Waals surface area contributed by atoms with Crippen LogP contribution in [0, 0.1) is 11.6 Å². The zero-order chi connectivity index (χ0) is 17.4. The van der Waals surface area contributed by atoms with Crippen molar-refractivity contribution in [2.24, 2.45) is 0 Å². The van der Waals surface area contributed by atoms with Crippen molar-refractivity contribution in [3.63, 3.8) is 0 Å². The zero-order valence-corrected chi connectivity index (χ0v) is 13.6. The molecule has 5 heteroatoms. The maximum atomic E-state index is 13.7. The third kappa shape index (κ3) is 3.14. The standard InChI is InChI=1S/C20H18F2N2O/c21-13-5-7-15-16-11-14(6-8-18(16)24-19(15)10-13)23-20(25)9-12-3-1-2-4-17(12)22/h1-5,7,10,14,24H,6,8-9,11H2,(H,23,25). The molecular weight excluding hydrogens is 322 g/mol. The fourth-order valence-corrected chi connectivity index (χ4v) is 3.61. The van der Waals surface area contributed by atoms with Crippen molar-refractivity contribution in [3.8, 4) is 0 Å². The summed E-state index contributed by atoms with van der Waals surface area (Å²) in [5, 5.41) is 4.01. The van der Waals surface area contributed by atoms with Crippen LogP contribution in [0.2, 0.25) is 0 Å². The number of hydrogen-bond acceptors (Lipinski definition) is 1. The Labute approximate surface area is 144 Å². The molecule has 1 amide bonds. The van der Waals surface area contributed by atoms with Crippen LogP contribution in [0.4, 0.5) is 8.78 Å².